The summed E-state index contributed by atoms with van der Waals surface area (Å²) in [6.45, 7) is 3.06. The van der Waals surface area contributed by atoms with Crippen LogP contribution in [0.2, 0.25) is 0 Å². The van der Waals surface area contributed by atoms with E-state index in [1.54, 1.807) is 13.3 Å². The number of aromatic nitrogens is 2. The Bertz CT molecular complexity index is 829. The zero-order chi connectivity index (χ0) is 17.5. The molecule has 0 unspecified atom stereocenters. The number of rotatable bonds is 6. The van der Waals surface area contributed by atoms with Gasteiger partial charge in [0.2, 0.25) is 5.89 Å². The van der Waals surface area contributed by atoms with Crippen molar-refractivity contribution in [3.8, 4) is 11.5 Å². The van der Waals surface area contributed by atoms with Gasteiger partial charge in [-0.05, 0) is 18.6 Å². The van der Waals surface area contributed by atoms with Gasteiger partial charge in [0.15, 0.2) is 11.7 Å². The zero-order valence-electron chi connectivity index (χ0n) is 14.7. The number of aliphatic imine (C=N–C) groups is 1. The summed E-state index contributed by atoms with van der Waals surface area (Å²) < 4.78 is 10.8. The average molecular weight is 467 g/mol. The van der Waals surface area contributed by atoms with E-state index in [1.807, 2.05) is 43.3 Å². The molecule has 0 amide bonds. The molecule has 0 radical (unpaired) electrons. The van der Waals surface area contributed by atoms with Crippen LogP contribution in [0.1, 0.15) is 24.1 Å². The SMILES string of the molecule is CCc1cc(CNC(=NC)NCc2coc(-c3ccccc3)n2)on1.I. The molecule has 0 aliphatic rings. The Labute approximate surface area is 169 Å². The summed E-state index contributed by atoms with van der Waals surface area (Å²) in [6, 6.07) is 11.7. The second kappa shape index (κ2) is 9.95. The van der Waals surface area contributed by atoms with E-state index in [0.29, 0.717) is 24.9 Å². The fourth-order valence-electron chi connectivity index (χ4n) is 2.27. The third-order valence-electron chi connectivity index (χ3n) is 3.63. The molecule has 0 saturated heterocycles. The second-order valence-electron chi connectivity index (χ2n) is 5.43. The van der Waals surface area contributed by atoms with Gasteiger partial charge in [-0.15, -0.1) is 24.0 Å². The number of guanidine groups is 1. The predicted octanol–water partition coefficient (Wildman–Crippen LogP) is 3.38. The zero-order valence-corrected chi connectivity index (χ0v) is 17.1. The minimum absolute atomic E-state index is 0. The fraction of sp³-hybridized carbons (Fsp3) is 0.278. The molecule has 7 nitrogen and oxygen atoms in total. The standard InChI is InChI=1S/C18H21N5O2.HI/c1-3-14-9-16(25-23-14)11-21-18(19-2)20-10-15-12-24-17(22-15)13-7-5-4-6-8-13;/h4-9,12H,3,10-11H2,1-2H3,(H2,19,20,21);1H. The molecular weight excluding hydrogens is 445 g/mol. The van der Waals surface area contributed by atoms with E-state index in [0.717, 1.165) is 29.1 Å². The Kier molecular flexibility index (Phi) is 7.64. The van der Waals surface area contributed by atoms with Crippen LogP contribution in [0.4, 0.5) is 0 Å². The molecule has 1 aromatic carbocycles. The maximum absolute atomic E-state index is 5.53. The smallest absolute Gasteiger partial charge is 0.226 e. The molecule has 0 bridgehead atoms. The molecule has 26 heavy (non-hydrogen) atoms. The van der Waals surface area contributed by atoms with Gasteiger partial charge in [0, 0.05) is 18.7 Å². The van der Waals surface area contributed by atoms with Crippen molar-refractivity contribution in [2.45, 2.75) is 26.4 Å². The minimum Gasteiger partial charge on any atom is -0.444 e. The lowest BCUT2D eigenvalue weighted by molar-refractivity contribution is 0.374. The average Bonchev–Trinajstić information content (AvgIpc) is 3.32. The van der Waals surface area contributed by atoms with Gasteiger partial charge in [0.05, 0.1) is 24.5 Å². The predicted molar refractivity (Wildman–Crippen MR) is 110 cm³/mol. The first-order chi connectivity index (χ1) is 12.3. The van der Waals surface area contributed by atoms with Crippen LogP contribution in [0, 0.1) is 0 Å². The number of benzene rings is 1. The maximum Gasteiger partial charge on any atom is 0.226 e. The molecule has 0 atom stereocenters. The van der Waals surface area contributed by atoms with Crippen molar-refractivity contribution >= 4 is 29.9 Å². The Balaban J connectivity index is 0.00000243. The Morgan fingerprint density at radius 1 is 1.12 bits per heavy atom. The fourth-order valence-corrected chi connectivity index (χ4v) is 2.27. The Morgan fingerprint density at radius 3 is 2.58 bits per heavy atom. The maximum atomic E-state index is 5.53. The summed E-state index contributed by atoms with van der Waals surface area (Å²) in [5.74, 6) is 2.03. The van der Waals surface area contributed by atoms with Gasteiger partial charge in [-0.25, -0.2) is 4.98 Å². The lowest BCUT2D eigenvalue weighted by Crippen LogP contribution is -2.36. The van der Waals surface area contributed by atoms with Crippen LogP contribution in [-0.2, 0) is 19.5 Å². The number of oxazole rings is 1. The van der Waals surface area contributed by atoms with Gasteiger partial charge in [0.25, 0.3) is 0 Å². The van der Waals surface area contributed by atoms with Crippen molar-refractivity contribution in [3.63, 3.8) is 0 Å². The van der Waals surface area contributed by atoms with E-state index < -0.39 is 0 Å². The van der Waals surface area contributed by atoms with Crippen LogP contribution in [0.3, 0.4) is 0 Å². The first-order valence-corrected chi connectivity index (χ1v) is 8.17. The highest BCUT2D eigenvalue weighted by molar-refractivity contribution is 14.0. The summed E-state index contributed by atoms with van der Waals surface area (Å²) in [6.07, 6.45) is 2.50. The van der Waals surface area contributed by atoms with Gasteiger partial charge >= 0.3 is 0 Å². The lowest BCUT2D eigenvalue weighted by atomic mass is 10.2. The summed E-state index contributed by atoms with van der Waals surface area (Å²) in [7, 11) is 1.71. The molecule has 3 aromatic rings. The van der Waals surface area contributed by atoms with Crippen molar-refractivity contribution in [2.24, 2.45) is 4.99 Å². The molecule has 2 aromatic heterocycles. The van der Waals surface area contributed by atoms with E-state index in [9.17, 15) is 0 Å². The monoisotopic (exact) mass is 467 g/mol. The van der Waals surface area contributed by atoms with Crippen molar-refractivity contribution in [2.75, 3.05) is 7.05 Å². The normalized spacial score (nSPS) is 11.1. The molecule has 0 aliphatic heterocycles. The first-order valence-electron chi connectivity index (χ1n) is 8.17. The lowest BCUT2D eigenvalue weighted by Gasteiger charge is -2.08. The van der Waals surface area contributed by atoms with Crippen LogP contribution in [0.25, 0.3) is 11.5 Å². The number of halogens is 1. The van der Waals surface area contributed by atoms with Crippen LogP contribution in [0.5, 0.6) is 0 Å². The van der Waals surface area contributed by atoms with Crippen molar-refractivity contribution < 1.29 is 8.94 Å². The highest BCUT2D eigenvalue weighted by Crippen LogP contribution is 2.17. The molecule has 0 spiro atoms. The van der Waals surface area contributed by atoms with E-state index in [2.05, 4.69) is 25.8 Å². The van der Waals surface area contributed by atoms with Crippen molar-refractivity contribution in [1.29, 1.82) is 0 Å². The van der Waals surface area contributed by atoms with E-state index >= 15 is 0 Å². The van der Waals surface area contributed by atoms with Gasteiger partial charge in [0.1, 0.15) is 6.26 Å². The summed E-state index contributed by atoms with van der Waals surface area (Å²) >= 11 is 0. The molecule has 8 heteroatoms. The summed E-state index contributed by atoms with van der Waals surface area (Å²) in [5, 5.41) is 10.3. The van der Waals surface area contributed by atoms with E-state index in [-0.39, 0.29) is 24.0 Å². The number of hydrogen-bond donors (Lipinski definition) is 2. The van der Waals surface area contributed by atoms with Crippen molar-refractivity contribution in [3.05, 3.63) is 59.8 Å². The third-order valence-corrected chi connectivity index (χ3v) is 3.63. The molecule has 0 saturated carbocycles. The van der Waals surface area contributed by atoms with Crippen LogP contribution in [-0.4, -0.2) is 23.1 Å². The Hall–Kier alpha value is -2.36. The van der Waals surface area contributed by atoms with E-state index in [4.69, 9.17) is 8.94 Å². The minimum atomic E-state index is 0. The number of nitrogens with one attached hydrogen (secondary N) is 2. The highest BCUT2D eigenvalue weighted by atomic mass is 127. The van der Waals surface area contributed by atoms with Crippen molar-refractivity contribution in [1.82, 2.24) is 20.8 Å². The molecule has 3 rings (SSSR count). The summed E-state index contributed by atoms with van der Waals surface area (Å²) in [4.78, 5) is 8.66. The molecule has 0 aliphatic carbocycles. The molecule has 0 fully saturated rings. The topological polar surface area (TPSA) is 88.5 Å². The molecule has 2 heterocycles. The summed E-state index contributed by atoms with van der Waals surface area (Å²) in [5.41, 5.74) is 2.69. The molecule has 138 valence electrons. The quantitative estimate of drug-likeness (QED) is 0.329. The first kappa shape index (κ1) is 20.0. The number of aryl methyl sites for hydroxylation is 1. The number of hydrogen-bond acceptors (Lipinski definition) is 5. The molecular formula is C18H22IN5O2. The van der Waals surface area contributed by atoms with E-state index in [1.165, 1.54) is 0 Å². The molecule has 2 N–H and O–H groups in total. The van der Waals surface area contributed by atoms with Gasteiger partial charge in [-0.1, -0.05) is 30.3 Å². The van der Waals surface area contributed by atoms with Gasteiger partial charge < -0.3 is 19.6 Å². The van der Waals surface area contributed by atoms with Crippen LogP contribution >= 0.6 is 24.0 Å². The largest absolute Gasteiger partial charge is 0.444 e. The third kappa shape index (κ3) is 5.32. The van der Waals surface area contributed by atoms with Crippen LogP contribution in [0.15, 0.2) is 56.6 Å². The van der Waals surface area contributed by atoms with Gasteiger partial charge in [-0.3, -0.25) is 4.99 Å². The van der Waals surface area contributed by atoms with Crippen LogP contribution < -0.4 is 10.6 Å². The second-order valence-corrected chi connectivity index (χ2v) is 5.43. The number of nitrogens with zero attached hydrogens (tertiary/aromatic N) is 3. The van der Waals surface area contributed by atoms with Gasteiger partial charge in [-0.2, -0.15) is 0 Å². The highest BCUT2D eigenvalue weighted by Gasteiger charge is 2.08. The Morgan fingerprint density at radius 2 is 1.88 bits per heavy atom.